The highest BCUT2D eigenvalue weighted by molar-refractivity contribution is 8.00. The Hall–Kier alpha value is -1.49. The molecule has 1 saturated heterocycles. The maximum Gasteiger partial charge on any atom is 0.234 e. The molecule has 1 aromatic rings. The summed E-state index contributed by atoms with van der Waals surface area (Å²) in [6.45, 7) is 5.76. The van der Waals surface area contributed by atoms with Gasteiger partial charge in [-0.1, -0.05) is 12.1 Å². The Labute approximate surface area is 136 Å². The van der Waals surface area contributed by atoms with Crippen molar-refractivity contribution in [2.75, 3.05) is 29.9 Å². The van der Waals surface area contributed by atoms with Gasteiger partial charge in [-0.15, -0.1) is 11.8 Å². The smallest absolute Gasteiger partial charge is 0.234 e. The topological polar surface area (TPSA) is 49.4 Å². The van der Waals surface area contributed by atoms with E-state index in [9.17, 15) is 9.59 Å². The number of piperidine rings is 1. The minimum atomic E-state index is -0.0508. The molecule has 1 aliphatic rings. The SMILES string of the molecule is Cc1cccc(NC(=O)CSCC(=O)N2CCCCC2)c1C. The van der Waals surface area contributed by atoms with E-state index in [0.717, 1.165) is 42.7 Å². The Bertz CT molecular complexity index is 539. The summed E-state index contributed by atoms with van der Waals surface area (Å²) in [4.78, 5) is 25.9. The summed E-state index contributed by atoms with van der Waals surface area (Å²) in [6.07, 6.45) is 3.42. The third-order valence-corrected chi connectivity index (χ3v) is 4.96. The number of carbonyl (C=O) groups excluding carboxylic acids is 2. The number of nitrogens with zero attached hydrogens (tertiary/aromatic N) is 1. The first-order valence-electron chi connectivity index (χ1n) is 7.79. The number of hydrogen-bond acceptors (Lipinski definition) is 3. The molecule has 1 N–H and O–H groups in total. The minimum Gasteiger partial charge on any atom is -0.342 e. The lowest BCUT2D eigenvalue weighted by Gasteiger charge is -2.26. The van der Waals surface area contributed by atoms with E-state index in [2.05, 4.69) is 5.32 Å². The summed E-state index contributed by atoms with van der Waals surface area (Å²) in [5.74, 6) is 0.807. The molecule has 0 bridgehead atoms. The van der Waals surface area contributed by atoms with Crippen molar-refractivity contribution < 1.29 is 9.59 Å². The van der Waals surface area contributed by atoms with Crippen LogP contribution in [0.1, 0.15) is 30.4 Å². The van der Waals surface area contributed by atoms with Crippen LogP contribution in [-0.2, 0) is 9.59 Å². The highest BCUT2D eigenvalue weighted by Gasteiger charge is 2.16. The molecule has 0 spiro atoms. The number of aryl methyl sites for hydroxylation is 1. The molecule has 0 saturated carbocycles. The fourth-order valence-electron chi connectivity index (χ4n) is 2.54. The zero-order valence-electron chi connectivity index (χ0n) is 13.4. The predicted octanol–water partition coefficient (Wildman–Crippen LogP) is 2.99. The lowest BCUT2D eigenvalue weighted by atomic mass is 10.1. The number of hydrogen-bond donors (Lipinski definition) is 1. The molecule has 5 heteroatoms. The van der Waals surface area contributed by atoms with Crippen molar-refractivity contribution in [2.24, 2.45) is 0 Å². The molecule has 1 aliphatic heterocycles. The fraction of sp³-hybridized carbons (Fsp3) is 0.529. The van der Waals surface area contributed by atoms with Gasteiger partial charge in [0.1, 0.15) is 0 Å². The number of nitrogens with one attached hydrogen (secondary N) is 1. The quantitative estimate of drug-likeness (QED) is 0.907. The molecule has 2 amide bonds. The first kappa shape index (κ1) is 16.9. The van der Waals surface area contributed by atoms with E-state index in [1.807, 2.05) is 36.9 Å². The van der Waals surface area contributed by atoms with E-state index in [0.29, 0.717) is 11.5 Å². The molecule has 0 aromatic heterocycles. The van der Waals surface area contributed by atoms with Crippen LogP contribution in [0, 0.1) is 13.8 Å². The number of benzene rings is 1. The molecular weight excluding hydrogens is 296 g/mol. The molecule has 0 radical (unpaired) electrons. The Balaban J connectivity index is 1.73. The highest BCUT2D eigenvalue weighted by Crippen LogP contribution is 2.18. The molecule has 120 valence electrons. The summed E-state index contributed by atoms with van der Waals surface area (Å²) >= 11 is 1.39. The summed E-state index contributed by atoms with van der Waals surface area (Å²) in [5.41, 5.74) is 3.10. The van der Waals surface area contributed by atoms with Gasteiger partial charge in [-0.2, -0.15) is 0 Å². The molecule has 2 rings (SSSR count). The molecule has 1 fully saturated rings. The second kappa shape index (κ2) is 8.22. The van der Waals surface area contributed by atoms with E-state index in [1.165, 1.54) is 18.2 Å². The van der Waals surface area contributed by atoms with Crippen LogP contribution in [-0.4, -0.2) is 41.3 Å². The van der Waals surface area contributed by atoms with Gasteiger partial charge in [0.25, 0.3) is 0 Å². The molecule has 1 aromatic carbocycles. The summed E-state index contributed by atoms with van der Waals surface area (Å²) < 4.78 is 0. The van der Waals surface area contributed by atoms with Gasteiger partial charge in [0.05, 0.1) is 11.5 Å². The van der Waals surface area contributed by atoms with Gasteiger partial charge in [0.2, 0.25) is 11.8 Å². The Morgan fingerprint density at radius 2 is 1.86 bits per heavy atom. The van der Waals surface area contributed by atoms with Crippen molar-refractivity contribution in [1.82, 2.24) is 4.90 Å². The van der Waals surface area contributed by atoms with E-state index in [-0.39, 0.29) is 11.8 Å². The third kappa shape index (κ3) is 4.77. The Morgan fingerprint density at radius 1 is 1.14 bits per heavy atom. The van der Waals surface area contributed by atoms with Gasteiger partial charge < -0.3 is 10.2 Å². The maximum absolute atomic E-state index is 12.0. The van der Waals surface area contributed by atoms with Gasteiger partial charge in [-0.05, 0) is 50.3 Å². The van der Waals surface area contributed by atoms with Gasteiger partial charge in [-0.3, -0.25) is 9.59 Å². The fourth-order valence-corrected chi connectivity index (χ4v) is 3.26. The molecule has 0 atom stereocenters. The number of rotatable bonds is 5. The number of thioether (sulfide) groups is 1. The van der Waals surface area contributed by atoms with Gasteiger partial charge in [0, 0.05) is 18.8 Å². The van der Waals surface area contributed by atoms with Crippen molar-refractivity contribution in [1.29, 1.82) is 0 Å². The van der Waals surface area contributed by atoms with Crippen molar-refractivity contribution in [3.05, 3.63) is 29.3 Å². The van der Waals surface area contributed by atoms with Gasteiger partial charge >= 0.3 is 0 Å². The lowest BCUT2D eigenvalue weighted by molar-refractivity contribution is -0.129. The molecule has 22 heavy (non-hydrogen) atoms. The number of likely N-dealkylation sites (tertiary alicyclic amines) is 1. The van der Waals surface area contributed by atoms with Gasteiger partial charge in [0.15, 0.2) is 0 Å². The molecule has 1 heterocycles. The van der Waals surface area contributed by atoms with Crippen LogP contribution in [0.4, 0.5) is 5.69 Å². The molecule has 0 aliphatic carbocycles. The summed E-state index contributed by atoms with van der Waals surface area (Å²) in [5, 5.41) is 2.92. The lowest BCUT2D eigenvalue weighted by Crippen LogP contribution is -2.37. The van der Waals surface area contributed by atoms with Crippen LogP contribution >= 0.6 is 11.8 Å². The van der Waals surface area contributed by atoms with E-state index in [1.54, 1.807) is 0 Å². The standard InChI is InChI=1S/C17H24N2O2S/c1-13-7-6-8-15(14(13)2)18-16(20)11-22-12-17(21)19-9-4-3-5-10-19/h6-8H,3-5,9-12H2,1-2H3,(H,18,20). The number of anilines is 1. The maximum atomic E-state index is 12.0. The predicted molar refractivity (Wildman–Crippen MR) is 92.3 cm³/mol. The first-order valence-corrected chi connectivity index (χ1v) is 8.95. The Kier molecular flexibility index (Phi) is 6.31. The summed E-state index contributed by atoms with van der Waals surface area (Å²) in [7, 11) is 0. The van der Waals surface area contributed by atoms with E-state index >= 15 is 0 Å². The Morgan fingerprint density at radius 3 is 2.59 bits per heavy atom. The molecule has 0 unspecified atom stereocenters. The van der Waals surface area contributed by atoms with Crippen LogP contribution in [0.3, 0.4) is 0 Å². The zero-order chi connectivity index (χ0) is 15.9. The van der Waals surface area contributed by atoms with E-state index in [4.69, 9.17) is 0 Å². The van der Waals surface area contributed by atoms with Crippen molar-refractivity contribution in [3.8, 4) is 0 Å². The number of amides is 2. The van der Waals surface area contributed by atoms with Crippen molar-refractivity contribution in [3.63, 3.8) is 0 Å². The van der Waals surface area contributed by atoms with Crippen LogP contribution in [0.2, 0.25) is 0 Å². The van der Waals surface area contributed by atoms with Crippen LogP contribution < -0.4 is 5.32 Å². The van der Waals surface area contributed by atoms with Crippen molar-refractivity contribution in [2.45, 2.75) is 33.1 Å². The average Bonchev–Trinajstić information content (AvgIpc) is 2.52. The minimum absolute atomic E-state index is 0.0508. The molecule has 4 nitrogen and oxygen atoms in total. The normalized spacial score (nSPS) is 14.7. The largest absolute Gasteiger partial charge is 0.342 e. The van der Waals surface area contributed by atoms with Crippen LogP contribution in [0.5, 0.6) is 0 Å². The average molecular weight is 320 g/mol. The first-order chi connectivity index (χ1) is 10.6. The molecular formula is C17H24N2O2S. The highest BCUT2D eigenvalue weighted by atomic mass is 32.2. The van der Waals surface area contributed by atoms with Crippen molar-refractivity contribution >= 4 is 29.3 Å². The summed E-state index contributed by atoms with van der Waals surface area (Å²) in [6, 6.07) is 5.87. The number of carbonyl (C=O) groups is 2. The van der Waals surface area contributed by atoms with E-state index < -0.39 is 0 Å². The van der Waals surface area contributed by atoms with Gasteiger partial charge in [-0.25, -0.2) is 0 Å². The second-order valence-electron chi connectivity index (χ2n) is 5.73. The zero-order valence-corrected chi connectivity index (χ0v) is 14.2. The monoisotopic (exact) mass is 320 g/mol. The van der Waals surface area contributed by atoms with Crippen LogP contribution in [0.25, 0.3) is 0 Å². The third-order valence-electron chi connectivity index (χ3n) is 4.05. The second-order valence-corrected chi connectivity index (χ2v) is 6.72. The van der Waals surface area contributed by atoms with Crippen LogP contribution in [0.15, 0.2) is 18.2 Å².